The second-order valence-electron chi connectivity index (χ2n) is 4.94. The highest BCUT2D eigenvalue weighted by Crippen LogP contribution is 2.27. The average molecular weight is 324 g/mol. The molecule has 0 aliphatic heterocycles. The zero-order valence-corrected chi connectivity index (χ0v) is 13.2. The average Bonchev–Trinajstić information content (AvgIpc) is 2.75. The maximum Gasteiger partial charge on any atom is 0.288 e. The summed E-state index contributed by atoms with van der Waals surface area (Å²) < 4.78 is 25.1. The van der Waals surface area contributed by atoms with Crippen LogP contribution in [-0.4, -0.2) is 29.4 Å². The zero-order valence-electron chi connectivity index (χ0n) is 12.4. The highest BCUT2D eigenvalue weighted by molar-refractivity contribution is 7.90. The number of aryl methyl sites for hydroxylation is 1. The van der Waals surface area contributed by atoms with Crippen molar-refractivity contribution in [1.29, 1.82) is 0 Å². The second-order valence-corrected chi connectivity index (χ2v) is 6.93. The van der Waals surface area contributed by atoms with Gasteiger partial charge in [-0.1, -0.05) is 0 Å². The number of aromatic nitrogens is 2. The van der Waals surface area contributed by atoms with Gasteiger partial charge in [-0.15, -0.1) is 0 Å². The Kier molecular flexibility index (Phi) is 4.18. The van der Waals surface area contributed by atoms with Gasteiger partial charge in [0.1, 0.15) is 4.90 Å². The predicted octanol–water partition coefficient (Wildman–Crippen LogP) is 1.65. The smallest absolute Gasteiger partial charge is 0.288 e. The number of nitrogens with zero attached hydrogens (tertiary/aromatic N) is 3. The van der Waals surface area contributed by atoms with Gasteiger partial charge in [0.05, 0.1) is 11.1 Å². The van der Waals surface area contributed by atoms with Gasteiger partial charge in [-0.25, -0.2) is 8.42 Å². The molecule has 1 heterocycles. The molecule has 0 radical (unpaired) electrons. The first-order chi connectivity index (χ1) is 10.2. The van der Waals surface area contributed by atoms with E-state index in [0.29, 0.717) is 12.2 Å². The third-order valence-corrected chi connectivity index (χ3v) is 4.50. The highest BCUT2D eigenvalue weighted by Gasteiger charge is 2.22. The van der Waals surface area contributed by atoms with Crippen molar-refractivity contribution in [1.82, 2.24) is 9.78 Å². The Morgan fingerprint density at radius 2 is 2.09 bits per heavy atom. The fourth-order valence-electron chi connectivity index (χ4n) is 1.99. The van der Waals surface area contributed by atoms with E-state index in [-0.39, 0.29) is 4.90 Å². The molecule has 0 aliphatic carbocycles. The molecule has 2 aromatic rings. The van der Waals surface area contributed by atoms with Crippen LogP contribution < -0.4 is 5.32 Å². The van der Waals surface area contributed by atoms with Crippen molar-refractivity contribution in [2.24, 2.45) is 7.05 Å². The number of sulfone groups is 1. The molecule has 0 amide bonds. The van der Waals surface area contributed by atoms with E-state index in [2.05, 4.69) is 10.4 Å². The summed E-state index contributed by atoms with van der Waals surface area (Å²) in [5.74, 6) is 0. The van der Waals surface area contributed by atoms with Gasteiger partial charge in [-0.05, 0) is 19.1 Å². The predicted molar refractivity (Wildman–Crippen MR) is 81.5 cm³/mol. The van der Waals surface area contributed by atoms with Crippen molar-refractivity contribution < 1.29 is 13.3 Å². The Bertz CT molecular complexity index is 827. The number of hydrogen-bond donors (Lipinski definition) is 1. The lowest BCUT2D eigenvalue weighted by atomic mass is 10.2. The molecule has 2 rings (SSSR count). The normalized spacial score (nSPS) is 11.4. The number of nitro groups is 1. The summed E-state index contributed by atoms with van der Waals surface area (Å²) in [6.45, 7) is 2.36. The first kappa shape index (κ1) is 16.0. The summed E-state index contributed by atoms with van der Waals surface area (Å²) in [4.78, 5) is 9.91. The van der Waals surface area contributed by atoms with Crippen molar-refractivity contribution >= 4 is 21.2 Å². The monoisotopic (exact) mass is 324 g/mol. The quantitative estimate of drug-likeness (QED) is 0.662. The molecule has 0 unspecified atom stereocenters. The van der Waals surface area contributed by atoms with Gasteiger partial charge >= 0.3 is 0 Å². The molecule has 0 spiro atoms. The van der Waals surface area contributed by atoms with E-state index in [9.17, 15) is 18.5 Å². The maximum absolute atomic E-state index is 11.7. The van der Waals surface area contributed by atoms with Gasteiger partial charge in [0.25, 0.3) is 5.69 Å². The standard InChI is InChI=1S/C13H16N4O4S/c1-9-10(8-15-16(9)2)7-14-11-4-5-12(17(18)19)13(6-11)22(3,20)21/h4-6,8,14H,7H2,1-3H3. The van der Waals surface area contributed by atoms with E-state index in [4.69, 9.17) is 0 Å². The lowest BCUT2D eigenvalue weighted by Crippen LogP contribution is -2.06. The van der Waals surface area contributed by atoms with E-state index in [1.54, 1.807) is 10.9 Å². The van der Waals surface area contributed by atoms with Crippen LogP contribution in [0.3, 0.4) is 0 Å². The first-order valence-corrected chi connectivity index (χ1v) is 8.29. The molecular weight excluding hydrogens is 308 g/mol. The Hall–Kier alpha value is -2.42. The topological polar surface area (TPSA) is 107 Å². The van der Waals surface area contributed by atoms with Crippen LogP contribution in [0.25, 0.3) is 0 Å². The van der Waals surface area contributed by atoms with Crippen molar-refractivity contribution in [2.45, 2.75) is 18.4 Å². The molecule has 0 atom stereocenters. The molecule has 0 bridgehead atoms. The molecule has 0 aliphatic rings. The minimum Gasteiger partial charge on any atom is -0.381 e. The number of nitrogens with one attached hydrogen (secondary N) is 1. The molecule has 22 heavy (non-hydrogen) atoms. The van der Waals surface area contributed by atoms with Crippen LogP contribution in [0.1, 0.15) is 11.3 Å². The van der Waals surface area contributed by atoms with Gasteiger partial charge < -0.3 is 5.32 Å². The molecular formula is C13H16N4O4S. The van der Waals surface area contributed by atoms with Crippen molar-refractivity contribution in [2.75, 3.05) is 11.6 Å². The summed E-state index contributed by atoms with van der Waals surface area (Å²) in [6, 6.07) is 3.95. The van der Waals surface area contributed by atoms with Crippen LogP contribution in [0.2, 0.25) is 0 Å². The van der Waals surface area contributed by atoms with Gasteiger partial charge in [0.2, 0.25) is 0 Å². The fraction of sp³-hybridized carbons (Fsp3) is 0.308. The van der Waals surface area contributed by atoms with Crippen LogP contribution in [0, 0.1) is 17.0 Å². The zero-order chi connectivity index (χ0) is 16.5. The molecule has 0 fully saturated rings. The number of anilines is 1. The summed E-state index contributed by atoms with van der Waals surface area (Å²) in [7, 11) is -1.86. The summed E-state index contributed by atoms with van der Waals surface area (Å²) >= 11 is 0. The van der Waals surface area contributed by atoms with E-state index in [1.807, 2.05) is 14.0 Å². The second kappa shape index (κ2) is 5.76. The van der Waals surface area contributed by atoms with Crippen molar-refractivity contribution in [3.05, 3.63) is 45.8 Å². The summed E-state index contributed by atoms with van der Waals surface area (Å²) in [5, 5.41) is 18.1. The molecule has 8 nitrogen and oxygen atoms in total. The van der Waals surface area contributed by atoms with E-state index in [1.165, 1.54) is 18.2 Å². The fourth-order valence-corrected chi connectivity index (χ4v) is 2.85. The molecule has 1 aromatic carbocycles. The first-order valence-electron chi connectivity index (χ1n) is 6.40. The van der Waals surface area contributed by atoms with Crippen LogP contribution in [0.15, 0.2) is 29.3 Å². The summed E-state index contributed by atoms with van der Waals surface area (Å²) in [6.07, 6.45) is 2.66. The summed E-state index contributed by atoms with van der Waals surface area (Å²) in [5.41, 5.74) is 2.01. The number of nitro benzene ring substituents is 1. The Labute approximate surface area is 127 Å². The Balaban J connectivity index is 2.30. The SMILES string of the molecule is Cc1c(CNc2ccc([N+](=O)[O-])c(S(C)(=O)=O)c2)cnn1C. The minimum atomic E-state index is -3.69. The van der Waals surface area contributed by atoms with Gasteiger partial charge in [0.15, 0.2) is 9.84 Å². The molecule has 118 valence electrons. The van der Waals surface area contributed by atoms with Crippen LogP contribution in [0.5, 0.6) is 0 Å². The van der Waals surface area contributed by atoms with Crippen molar-refractivity contribution in [3.8, 4) is 0 Å². The molecule has 0 saturated heterocycles. The maximum atomic E-state index is 11.7. The molecule has 1 N–H and O–H groups in total. The van der Waals surface area contributed by atoms with Crippen LogP contribution >= 0.6 is 0 Å². The number of rotatable bonds is 5. The Morgan fingerprint density at radius 1 is 1.41 bits per heavy atom. The molecule has 9 heteroatoms. The van der Waals surface area contributed by atoms with Gasteiger partial charge in [-0.2, -0.15) is 5.10 Å². The largest absolute Gasteiger partial charge is 0.381 e. The minimum absolute atomic E-state index is 0.301. The third-order valence-electron chi connectivity index (χ3n) is 3.38. The molecule has 1 aromatic heterocycles. The lowest BCUT2D eigenvalue weighted by molar-refractivity contribution is -0.387. The Morgan fingerprint density at radius 3 is 2.59 bits per heavy atom. The lowest BCUT2D eigenvalue weighted by Gasteiger charge is -2.08. The highest BCUT2D eigenvalue weighted by atomic mass is 32.2. The van der Waals surface area contributed by atoms with Crippen LogP contribution in [0.4, 0.5) is 11.4 Å². The van der Waals surface area contributed by atoms with Crippen LogP contribution in [-0.2, 0) is 23.4 Å². The third kappa shape index (κ3) is 3.25. The van der Waals surface area contributed by atoms with Crippen molar-refractivity contribution in [3.63, 3.8) is 0 Å². The van der Waals surface area contributed by atoms with E-state index >= 15 is 0 Å². The number of hydrogen-bond acceptors (Lipinski definition) is 6. The van der Waals surface area contributed by atoms with Gasteiger partial charge in [-0.3, -0.25) is 14.8 Å². The molecule has 0 saturated carbocycles. The number of benzene rings is 1. The van der Waals surface area contributed by atoms with E-state index < -0.39 is 20.4 Å². The van der Waals surface area contributed by atoms with Gasteiger partial charge in [0, 0.05) is 42.9 Å². The van der Waals surface area contributed by atoms with E-state index in [0.717, 1.165) is 17.5 Å².